The third-order valence-corrected chi connectivity index (χ3v) is 10.7. The third-order valence-electron chi connectivity index (χ3n) is 10.7. The summed E-state index contributed by atoms with van der Waals surface area (Å²) < 4.78 is 50.9. The molecule has 2 aliphatic rings. The Hall–Kier alpha value is -3.01. The van der Waals surface area contributed by atoms with Gasteiger partial charge < -0.3 is 4.74 Å². The van der Waals surface area contributed by atoms with Crippen LogP contribution in [0.1, 0.15) is 122 Å². The summed E-state index contributed by atoms with van der Waals surface area (Å²) in [5, 5.41) is 0. The summed E-state index contributed by atoms with van der Waals surface area (Å²) in [6.45, 7) is 4.70. The maximum absolute atomic E-state index is 15.4. The van der Waals surface area contributed by atoms with Gasteiger partial charge in [-0.1, -0.05) is 94.0 Å². The molecule has 0 radical (unpaired) electrons. The SMILES string of the molecule is C/C=C/C1CCC(C2CCC(c3ccc(-c4ccc(-c5ccc(OCCCCCCCCC)c(F)c5F)cc4)c(F)c3)CC2)CC1. The molecule has 2 saturated carbocycles. The maximum Gasteiger partial charge on any atom is 0.201 e. The zero-order valence-electron chi connectivity index (χ0n) is 28.0. The van der Waals surface area contributed by atoms with E-state index >= 15 is 8.78 Å². The highest BCUT2D eigenvalue weighted by Crippen LogP contribution is 2.44. The van der Waals surface area contributed by atoms with Gasteiger partial charge in [-0.3, -0.25) is 0 Å². The summed E-state index contributed by atoms with van der Waals surface area (Å²) in [6, 6.07) is 15.8. The highest BCUT2D eigenvalue weighted by atomic mass is 19.2. The number of hydrogen-bond donors (Lipinski definition) is 0. The standard InChI is InChI=1S/C42H53F3O/c1-3-5-6-7-8-9-10-28-46-40-27-26-38(41(44)42(40)45)35-22-20-34(21-23-35)37-25-24-36(29-39(37)43)33-18-16-32(17-19-33)31-14-12-30(11-4-2)13-15-31/h4,11,20-27,29-33H,3,5-10,12-19,28H2,1-2H3/b11-4+. The van der Waals surface area contributed by atoms with Crippen LogP contribution in [0.5, 0.6) is 5.75 Å². The van der Waals surface area contributed by atoms with E-state index in [0.29, 0.717) is 23.7 Å². The number of benzene rings is 3. The van der Waals surface area contributed by atoms with Gasteiger partial charge in [0.25, 0.3) is 0 Å². The first kappa shape index (κ1) is 34.3. The van der Waals surface area contributed by atoms with E-state index in [1.54, 1.807) is 36.4 Å². The summed E-state index contributed by atoms with van der Waals surface area (Å²) in [5.41, 5.74) is 3.07. The van der Waals surface area contributed by atoms with Gasteiger partial charge in [-0.15, -0.1) is 0 Å². The van der Waals surface area contributed by atoms with Crippen molar-refractivity contribution in [2.75, 3.05) is 6.61 Å². The highest BCUT2D eigenvalue weighted by Gasteiger charge is 2.31. The fourth-order valence-electron chi connectivity index (χ4n) is 7.96. The van der Waals surface area contributed by atoms with Crippen molar-refractivity contribution in [1.82, 2.24) is 0 Å². The van der Waals surface area contributed by atoms with Crippen molar-refractivity contribution in [1.29, 1.82) is 0 Å². The summed E-state index contributed by atoms with van der Waals surface area (Å²) >= 11 is 0. The molecule has 0 saturated heterocycles. The second-order valence-corrected chi connectivity index (χ2v) is 13.8. The lowest BCUT2D eigenvalue weighted by Crippen LogP contribution is -2.25. The molecule has 0 spiro atoms. The Balaban J connectivity index is 1.14. The minimum atomic E-state index is -0.961. The number of halogens is 3. The van der Waals surface area contributed by atoms with E-state index < -0.39 is 11.6 Å². The van der Waals surface area contributed by atoms with E-state index in [4.69, 9.17) is 4.74 Å². The van der Waals surface area contributed by atoms with Gasteiger partial charge in [-0.05, 0) is 123 Å². The smallest absolute Gasteiger partial charge is 0.201 e. The Morgan fingerprint density at radius 1 is 0.652 bits per heavy atom. The van der Waals surface area contributed by atoms with Crippen LogP contribution in [-0.4, -0.2) is 6.61 Å². The molecule has 5 rings (SSSR count). The molecule has 0 N–H and O–H groups in total. The van der Waals surface area contributed by atoms with E-state index in [0.717, 1.165) is 61.0 Å². The topological polar surface area (TPSA) is 9.23 Å². The van der Waals surface area contributed by atoms with Crippen LogP contribution in [-0.2, 0) is 0 Å². The zero-order valence-corrected chi connectivity index (χ0v) is 28.0. The zero-order chi connectivity index (χ0) is 32.3. The second-order valence-electron chi connectivity index (χ2n) is 13.8. The monoisotopic (exact) mass is 630 g/mol. The molecule has 248 valence electrons. The molecule has 0 bridgehead atoms. The molecule has 2 aliphatic carbocycles. The molecule has 0 heterocycles. The van der Waals surface area contributed by atoms with E-state index in [1.807, 2.05) is 6.07 Å². The molecule has 3 aromatic carbocycles. The number of ether oxygens (including phenoxy) is 1. The summed E-state index contributed by atoms with van der Waals surface area (Å²) in [4.78, 5) is 0. The molecule has 2 fully saturated rings. The molecule has 0 aromatic heterocycles. The van der Waals surface area contributed by atoms with Crippen molar-refractivity contribution in [3.05, 3.63) is 89.8 Å². The van der Waals surface area contributed by atoms with Gasteiger partial charge in [0, 0.05) is 11.1 Å². The van der Waals surface area contributed by atoms with E-state index in [2.05, 4.69) is 32.1 Å². The predicted octanol–water partition coefficient (Wildman–Crippen LogP) is 13.2. The first-order valence-corrected chi connectivity index (χ1v) is 18.1. The third kappa shape index (κ3) is 8.87. The van der Waals surface area contributed by atoms with Gasteiger partial charge in [0.15, 0.2) is 11.6 Å². The summed E-state index contributed by atoms with van der Waals surface area (Å²) in [7, 11) is 0. The van der Waals surface area contributed by atoms with Crippen molar-refractivity contribution >= 4 is 0 Å². The van der Waals surface area contributed by atoms with Crippen LogP contribution in [0.4, 0.5) is 13.2 Å². The van der Waals surface area contributed by atoms with Crippen LogP contribution in [0.15, 0.2) is 66.7 Å². The summed E-state index contributed by atoms with van der Waals surface area (Å²) in [5.74, 6) is 0.717. The van der Waals surface area contributed by atoms with Crippen molar-refractivity contribution < 1.29 is 17.9 Å². The number of unbranched alkanes of at least 4 members (excludes halogenated alkanes) is 6. The van der Waals surface area contributed by atoms with Gasteiger partial charge in [0.1, 0.15) is 5.82 Å². The minimum absolute atomic E-state index is 0.0494. The molecular formula is C42H53F3O. The Labute approximate surface area is 275 Å². The van der Waals surface area contributed by atoms with Crippen molar-refractivity contribution in [3.63, 3.8) is 0 Å². The van der Waals surface area contributed by atoms with Gasteiger partial charge in [-0.2, -0.15) is 4.39 Å². The fourth-order valence-corrected chi connectivity index (χ4v) is 7.96. The predicted molar refractivity (Wildman–Crippen MR) is 186 cm³/mol. The van der Waals surface area contributed by atoms with E-state index in [-0.39, 0.29) is 17.1 Å². The molecule has 0 unspecified atom stereocenters. The maximum atomic E-state index is 15.4. The molecule has 1 nitrogen and oxygen atoms in total. The van der Waals surface area contributed by atoms with Crippen LogP contribution in [0, 0.1) is 35.2 Å². The van der Waals surface area contributed by atoms with Crippen LogP contribution in [0.25, 0.3) is 22.3 Å². The number of hydrogen-bond acceptors (Lipinski definition) is 1. The molecular weight excluding hydrogens is 577 g/mol. The normalized spacial score (nSPS) is 21.9. The van der Waals surface area contributed by atoms with Crippen LogP contribution in [0.2, 0.25) is 0 Å². The lowest BCUT2D eigenvalue weighted by Gasteiger charge is -2.37. The lowest BCUT2D eigenvalue weighted by molar-refractivity contribution is 0.171. The quantitative estimate of drug-likeness (QED) is 0.127. The van der Waals surface area contributed by atoms with Crippen LogP contribution < -0.4 is 4.74 Å². The van der Waals surface area contributed by atoms with Gasteiger partial charge in [-0.25, -0.2) is 8.78 Å². The molecule has 4 heteroatoms. The Kier molecular flexibility index (Phi) is 12.9. The Morgan fingerprint density at radius 2 is 1.24 bits per heavy atom. The van der Waals surface area contributed by atoms with Gasteiger partial charge in [0.05, 0.1) is 6.61 Å². The van der Waals surface area contributed by atoms with Crippen LogP contribution in [0.3, 0.4) is 0 Å². The molecule has 46 heavy (non-hydrogen) atoms. The Morgan fingerprint density at radius 3 is 1.87 bits per heavy atom. The summed E-state index contributed by atoms with van der Waals surface area (Å²) in [6.07, 6.45) is 22.7. The van der Waals surface area contributed by atoms with E-state index in [1.165, 1.54) is 70.3 Å². The minimum Gasteiger partial charge on any atom is -0.490 e. The lowest BCUT2D eigenvalue weighted by atomic mass is 9.68. The van der Waals surface area contributed by atoms with Crippen LogP contribution >= 0.6 is 0 Å². The average Bonchev–Trinajstić information content (AvgIpc) is 3.08. The second kappa shape index (κ2) is 17.2. The van der Waals surface area contributed by atoms with Crippen molar-refractivity contribution in [2.45, 2.75) is 116 Å². The largest absolute Gasteiger partial charge is 0.490 e. The average molecular weight is 631 g/mol. The first-order chi connectivity index (χ1) is 22.5. The molecule has 0 amide bonds. The highest BCUT2D eigenvalue weighted by molar-refractivity contribution is 5.71. The molecule has 3 aromatic rings. The van der Waals surface area contributed by atoms with E-state index in [9.17, 15) is 4.39 Å². The van der Waals surface area contributed by atoms with Crippen molar-refractivity contribution in [3.8, 4) is 28.0 Å². The van der Waals surface area contributed by atoms with Gasteiger partial charge in [0.2, 0.25) is 5.82 Å². The number of rotatable bonds is 14. The van der Waals surface area contributed by atoms with Gasteiger partial charge >= 0.3 is 0 Å². The molecule has 0 aliphatic heterocycles. The molecule has 0 atom stereocenters. The number of allylic oxidation sites excluding steroid dienone is 2. The first-order valence-electron chi connectivity index (χ1n) is 18.1. The van der Waals surface area contributed by atoms with Crippen molar-refractivity contribution in [2.24, 2.45) is 17.8 Å². The Bertz CT molecular complexity index is 1400. The fraction of sp³-hybridized carbons (Fsp3) is 0.524.